The van der Waals surface area contributed by atoms with E-state index >= 15 is 0 Å². The molecule has 0 saturated carbocycles. The van der Waals surface area contributed by atoms with Crippen molar-refractivity contribution in [3.05, 3.63) is 22.3 Å². The van der Waals surface area contributed by atoms with Crippen molar-refractivity contribution in [2.24, 2.45) is 5.16 Å². The Balaban J connectivity index is 1.53. The molecule has 2 saturated heterocycles. The summed E-state index contributed by atoms with van der Waals surface area (Å²) < 4.78 is 0.304. The van der Waals surface area contributed by atoms with Crippen LogP contribution in [0.25, 0.3) is 0 Å². The Labute approximate surface area is 191 Å². The fraction of sp³-hybridized carbons (Fsp3) is 0.500. The number of quaternary nitrogens is 1. The van der Waals surface area contributed by atoms with E-state index in [1.807, 2.05) is 14.1 Å². The molecule has 2 amide bonds. The zero-order chi connectivity index (χ0) is 23.2. The number of rotatable bonds is 6. The Kier molecular flexibility index (Phi) is 5.87. The highest BCUT2D eigenvalue weighted by Crippen LogP contribution is 2.43. The van der Waals surface area contributed by atoms with E-state index in [-0.39, 0.29) is 22.2 Å². The van der Waals surface area contributed by atoms with Gasteiger partial charge < -0.3 is 25.8 Å². The van der Waals surface area contributed by atoms with E-state index in [1.54, 1.807) is 5.38 Å². The van der Waals surface area contributed by atoms with Gasteiger partial charge in [-0.25, -0.2) is 4.98 Å². The summed E-state index contributed by atoms with van der Waals surface area (Å²) in [6.45, 7) is 0.720. The van der Waals surface area contributed by atoms with Gasteiger partial charge in [-0.2, -0.15) is 9.48 Å². The van der Waals surface area contributed by atoms with Gasteiger partial charge in [0.15, 0.2) is 10.8 Å². The number of aliphatic carboxylic acids is 1. The van der Waals surface area contributed by atoms with Crippen LogP contribution in [-0.2, 0) is 24.1 Å². The summed E-state index contributed by atoms with van der Waals surface area (Å²) >= 11 is 2.49. The van der Waals surface area contributed by atoms with Gasteiger partial charge in [0.2, 0.25) is 0 Å². The molecule has 1 aromatic rings. The number of nitrogen functional groups attached to an aromatic ring is 1. The number of thioether (sulfide) groups is 1. The van der Waals surface area contributed by atoms with Crippen LogP contribution in [0.2, 0.25) is 0 Å². The number of carbonyl (C=O) groups excluding carboxylic acids is 3. The van der Waals surface area contributed by atoms with E-state index in [2.05, 4.69) is 15.5 Å². The number of aromatic nitrogens is 1. The first-order chi connectivity index (χ1) is 15.1. The maximum absolute atomic E-state index is 12.9. The van der Waals surface area contributed by atoms with Crippen LogP contribution in [0, 0.1) is 0 Å². The van der Waals surface area contributed by atoms with Gasteiger partial charge >= 0.3 is 0 Å². The van der Waals surface area contributed by atoms with E-state index in [1.165, 1.54) is 23.8 Å². The molecule has 0 bridgehead atoms. The number of nitrogens with two attached hydrogens (primary N) is 1. The molecule has 14 heteroatoms. The van der Waals surface area contributed by atoms with Gasteiger partial charge in [-0.1, -0.05) is 5.16 Å². The number of hydrogen-bond acceptors (Lipinski definition) is 11. The van der Waals surface area contributed by atoms with Crippen LogP contribution in [0.4, 0.5) is 5.13 Å². The van der Waals surface area contributed by atoms with Crippen LogP contribution in [0.3, 0.4) is 0 Å². The maximum atomic E-state index is 12.9. The van der Waals surface area contributed by atoms with Gasteiger partial charge in [0.05, 0.1) is 25.8 Å². The summed E-state index contributed by atoms with van der Waals surface area (Å²) in [5.41, 5.74) is 6.05. The van der Waals surface area contributed by atoms with Gasteiger partial charge in [-0.3, -0.25) is 14.5 Å². The van der Waals surface area contributed by atoms with Crippen LogP contribution in [0.5, 0.6) is 0 Å². The molecule has 0 spiro atoms. The largest absolute Gasteiger partial charge is 0.543 e. The second kappa shape index (κ2) is 8.35. The fourth-order valence-electron chi connectivity index (χ4n) is 3.90. The van der Waals surface area contributed by atoms with E-state index < -0.39 is 35.3 Å². The van der Waals surface area contributed by atoms with Crippen LogP contribution in [0.15, 0.2) is 21.8 Å². The minimum atomic E-state index is -1.44. The average Bonchev–Trinajstić information content (AvgIpc) is 3.33. The minimum Gasteiger partial charge on any atom is -0.543 e. The lowest BCUT2D eigenvalue weighted by atomic mass is 9.99. The molecule has 3 atom stereocenters. The molecular formula is C18H22N6O6S2. The summed E-state index contributed by atoms with van der Waals surface area (Å²) in [5, 5.41) is 19.5. The number of carbonyl (C=O) groups is 3. The highest BCUT2D eigenvalue weighted by Gasteiger charge is 2.54. The zero-order valence-corrected chi connectivity index (χ0v) is 19.2. The number of thiazole rings is 1. The highest BCUT2D eigenvalue weighted by molar-refractivity contribution is 8.00. The first-order valence-corrected chi connectivity index (χ1v) is 11.6. The minimum absolute atomic E-state index is 0.136. The third kappa shape index (κ3) is 3.94. The molecule has 0 aliphatic carbocycles. The summed E-state index contributed by atoms with van der Waals surface area (Å²) in [6, 6.07) is -0.932. The standard InChI is InChI=1S/C18H22N6O6S2/c1-24(2)5-4-10(30-24)8-6-31-16-12(15(26)23(16)13(8)17(27)28)21-14(25)11(22-29-3)9-7-32-18(19)20-9/h7,10,12,16H,4-6H2,1-3H3,(H3-,19,20,21,25,27,28)/b22-11-/t10-,12?,16?/m0/s1. The SMILES string of the molecule is CO/N=C(\C(=O)NC1C(=O)N2C(C(=O)[O-])=C([C@@H]3CC[N+](C)(C)O3)CSC12)c1csc(N)n1. The van der Waals surface area contributed by atoms with Crippen molar-refractivity contribution in [1.82, 2.24) is 15.2 Å². The van der Waals surface area contributed by atoms with Crippen molar-refractivity contribution < 1.29 is 33.8 Å². The van der Waals surface area contributed by atoms with Crippen molar-refractivity contribution >= 4 is 51.7 Å². The Morgan fingerprint density at radius 2 is 2.22 bits per heavy atom. The van der Waals surface area contributed by atoms with E-state index in [0.29, 0.717) is 22.4 Å². The Morgan fingerprint density at radius 1 is 1.47 bits per heavy atom. The topological polar surface area (TPSA) is 159 Å². The lowest BCUT2D eigenvalue weighted by Gasteiger charge is -2.51. The molecule has 2 unspecified atom stereocenters. The van der Waals surface area contributed by atoms with E-state index in [4.69, 9.17) is 15.4 Å². The van der Waals surface area contributed by atoms with Gasteiger partial charge in [0.1, 0.15) is 36.9 Å². The van der Waals surface area contributed by atoms with Gasteiger partial charge in [-0.05, 0) is 0 Å². The lowest BCUT2D eigenvalue weighted by Crippen LogP contribution is -2.71. The van der Waals surface area contributed by atoms with Crippen molar-refractivity contribution in [1.29, 1.82) is 0 Å². The van der Waals surface area contributed by atoms with Crippen molar-refractivity contribution in [3.63, 3.8) is 0 Å². The third-order valence-corrected chi connectivity index (χ3v) is 7.35. The third-order valence-electron chi connectivity index (χ3n) is 5.37. The molecule has 12 nitrogen and oxygen atoms in total. The number of oxime groups is 1. The average molecular weight is 483 g/mol. The Hall–Kier alpha value is -2.68. The molecule has 0 aromatic carbocycles. The normalized spacial score (nSPS) is 27.1. The molecule has 3 aliphatic rings. The summed E-state index contributed by atoms with van der Waals surface area (Å²) in [7, 11) is 5.04. The van der Waals surface area contributed by atoms with E-state index in [0.717, 1.165) is 17.9 Å². The highest BCUT2D eigenvalue weighted by atomic mass is 32.2. The van der Waals surface area contributed by atoms with Crippen molar-refractivity contribution in [2.45, 2.75) is 23.9 Å². The number of hydrogen-bond donors (Lipinski definition) is 2. The molecule has 172 valence electrons. The second-order valence-electron chi connectivity index (χ2n) is 7.90. The molecule has 4 rings (SSSR count). The van der Waals surface area contributed by atoms with Crippen molar-refractivity contribution in [2.75, 3.05) is 39.2 Å². The first-order valence-electron chi connectivity index (χ1n) is 9.67. The lowest BCUT2D eigenvalue weighted by molar-refractivity contribution is -1.06. The quantitative estimate of drug-likeness (QED) is 0.208. The fourth-order valence-corrected chi connectivity index (χ4v) is 5.85. The summed E-state index contributed by atoms with van der Waals surface area (Å²) in [4.78, 5) is 53.5. The molecule has 32 heavy (non-hydrogen) atoms. The zero-order valence-electron chi connectivity index (χ0n) is 17.6. The van der Waals surface area contributed by atoms with Crippen LogP contribution >= 0.6 is 23.1 Å². The number of fused-ring (bicyclic) bond motifs is 1. The Morgan fingerprint density at radius 3 is 2.78 bits per heavy atom. The molecule has 1 aromatic heterocycles. The number of hydroxylamine groups is 3. The summed E-state index contributed by atoms with van der Waals surface area (Å²) in [6.07, 6.45) is 0.225. The number of nitrogens with one attached hydrogen (secondary N) is 1. The van der Waals surface area contributed by atoms with Crippen molar-refractivity contribution in [3.8, 4) is 0 Å². The van der Waals surface area contributed by atoms with Crippen LogP contribution in [-0.4, -0.2) is 89.0 Å². The summed E-state index contributed by atoms with van der Waals surface area (Å²) in [5.74, 6) is -2.33. The van der Waals surface area contributed by atoms with Crippen LogP contribution in [0.1, 0.15) is 12.1 Å². The predicted octanol–water partition coefficient (Wildman–Crippen LogP) is -1.74. The second-order valence-corrected chi connectivity index (χ2v) is 9.89. The van der Waals surface area contributed by atoms with Crippen LogP contribution < -0.4 is 16.2 Å². The molecule has 2 fully saturated rings. The number of amides is 2. The van der Waals surface area contributed by atoms with Gasteiger partial charge in [-0.15, -0.1) is 23.1 Å². The first kappa shape index (κ1) is 22.5. The Bertz CT molecular complexity index is 1040. The number of carboxylic acids is 1. The van der Waals surface area contributed by atoms with Gasteiger partial charge in [0, 0.05) is 23.1 Å². The molecule has 0 radical (unpaired) electrons. The van der Waals surface area contributed by atoms with E-state index in [9.17, 15) is 19.5 Å². The number of carboxylic acid groups (broad SMARTS) is 1. The molecule has 3 aliphatic heterocycles. The maximum Gasteiger partial charge on any atom is 0.276 e. The number of anilines is 1. The molecule has 3 N–H and O–H groups in total. The number of β-lactam (4-membered cyclic amide) rings is 1. The predicted molar refractivity (Wildman–Crippen MR) is 114 cm³/mol. The number of nitrogens with zero attached hydrogens (tertiary/aromatic N) is 4. The monoisotopic (exact) mass is 482 g/mol. The smallest absolute Gasteiger partial charge is 0.276 e. The molecular weight excluding hydrogens is 460 g/mol. The molecule has 4 heterocycles. The van der Waals surface area contributed by atoms with Gasteiger partial charge in [0.25, 0.3) is 11.8 Å².